The largest absolute Gasteiger partial charge is 0.388 e. The van der Waals surface area contributed by atoms with Crippen molar-refractivity contribution in [3.8, 4) is 0 Å². The highest BCUT2D eigenvalue weighted by atomic mass is 19.1. The number of amides is 1. The number of hydrogen-bond acceptors (Lipinski definition) is 2. The Hall–Kier alpha value is -1.42. The van der Waals surface area contributed by atoms with Crippen molar-refractivity contribution >= 4 is 5.91 Å². The lowest BCUT2D eigenvalue weighted by molar-refractivity contribution is -0.127. The minimum atomic E-state index is -0.698. The van der Waals surface area contributed by atoms with Gasteiger partial charge in [0, 0.05) is 25.4 Å². The standard InChI is InChI=1S/C15H20FNO2/c1-2-3-8-17-10-12(9-14(17)18)15(19)11-4-6-13(16)7-5-11/h4-7,12,15,19H,2-3,8-10H2,1H3. The van der Waals surface area contributed by atoms with Gasteiger partial charge in [-0.1, -0.05) is 25.5 Å². The Bertz CT molecular complexity index is 432. The van der Waals surface area contributed by atoms with E-state index in [-0.39, 0.29) is 17.6 Å². The minimum Gasteiger partial charge on any atom is -0.388 e. The third kappa shape index (κ3) is 3.32. The van der Waals surface area contributed by atoms with Crippen molar-refractivity contribution < 1.29 is 14.3 Å². The van der Waals surface area contributed by atoms with E-state index in [0.717, 1.165) is 19.4 Å². The number of benzene rings is 1. The number of halogens is 1. The van der Waals surface area contributed by atoms with Gasteiger partial charge in [0.05, 0.1) is 6.10 Å². The molecule has 1 fully saturated rings. The highest BCUT2D eigenvalue weighted by molar-refractivity contribution is 5.78. The fourth-order valence-electron chi connectivity index (χ4n) is 2.51. The van der Waals surface area contributed by atoms with E-state index in [0.29, 0.717) is 18.5 Å². The Morgan fingerprint density at radius 3 is 2.74 bits per heavy atom. The summed E-state index contributed by atoms with van der Waals surface area (Å²) >= 11 is 0. The zero-order chi connectivity index (χ0) is 13.8. The average Bonchev–Trinajstić information content (AvgIpc) is 2.78. The number of hydrogen-bond donors (Lipinski definition) is 1. The van der Waals surface area contributed by atoms with Gasteiger partial charge in [-0.25, -0.2) is 4.39 Å². The van der Waals surface area contributed by atoms with Gasteiger partial charge in [0.15, 0.2) is 0 Å². The van der Waals surface area contributed by atoms with Crippen LogP contribution in [0.4, 0.5) is 4.39 Å². The van der Waals surface area contributed by atoms with Crippen LogP contribution in [0.15, 0.2) is 24.3 Å². The molecule has 1 aliphatic heterocycles. The molecule has 1 aromatic carbocycles. The van der Waals surface area contributed by atoms with Crippen molar-refractivity contribution in [1.82, 2.24) is 4.90 Å². The molecule has 104 valence electrons. The summed E-state index contributed by atoms with van der Waals surface area (Å²) in [7, 11) is 0. The van der Waals surface area contributed by atoms with E-state index in [2.05, 4.69) is 6.92 Å². The van der Waals surface area contributed by atoms with Gasteiger partial charge in [0.25, 0.3) is 0 Å². The molecule has 1 amide bonds. The van der Waals surface area contributed by atoms with Gasteiger partial charge in [-0.15, -0.1) is 0 Å². The van der Waals surface area contributed by atoms with Crippen molar-refractivity contribution in [2.24, 2.45) is 5.92 Å². The summed E-state index contributed by atoms with van der Waals surface area (Å²) in [6, 6.07) is 5.84. The second kappa shape index (κ2) is 6.15. The highest BCUT2D eigenvalue weighted by Gasteiger charge is 2.34. The number of unbranched alkanes of at least 4 members (excludes halogenated alkanes) is 1. The quantitative estimate of drug-likeness (QED) is 0.888. The molecule has 0 bridgehead atoms. The molecule has 1 N–H and O–H groups in total. The van der Waals surface area contributed by atoms with Crippen LogP contribution in [-0.4, -0.2) is 29.0 Å². The van der Waals surface area contributed by atoms with E-state index in [1.807, 2.05) is 4.90 Å². The van der Waals surface area contributed by atoms with Crippen molar-refractivity contribution in [3.05, 3.63) is 35.6 Å². The zero-order valence-electron chi connectivity index (χ0n) is 11.2. The normalized spacial score (nSPS) is 20.9. The Morgan fingerprint density at radius 1 is 1.42 bits per heavy atom. The lowest BCUT2D eigenvalue weighted by Crippen LogP contribution is -2.26. The van der Waals surface area contributed by atoms with E-state index in [1.54, 1.807) is 12.1 Å². The number of aliphatic hydroxyl groups is 1. The van der Waals surface area contributed by atoms with Crippen LogP contribution >= 0.6 is 0 Å². The monoisotopic (exact) mass is 265 g/mol. The molecular weight excluding hydrogens is 245 g/mol. The molecule has 0 aromatic heterocycles. The van der Waals surface area contributed by atoms with Crippen LogP contribution in [0.5, 0.6) is 0 Å². The lowest BCUT2D eigenvalue weighted by atomic mass is 9.95. The molecule has 0 spiro atoms. The average molecular weight is 265 g/mol. The van der Waals surface area contributed by atoms with Gasteiger partial charge in [-0.05, 0) is 24.1 Å². The third-order valence-corrected chi connectivity index (χ3v) is 3.68. The van der Waals surface area contributed by atoms with Crippen LogP contribution in [0.25, 0.3) is 0 Å². The first-order valence-corrected chi connectivity index (χ1v) is 6.83. The van der Waals surface area contributed by atoms with Crippen molar-refractivity contribution in [2.75, 3.05) is 13.1 Å². The summed E-state index contributed by atoms with van der Waals surface area (Å²) in [6.07, 6.45) is 1.72. The van der Waals surface area contributed by atoms with Crippen LogP contribution < -0.4 is 0 Å². The predicted molar refractivity (Wildman–Crippen MR) is 71.0 cm³/mol. The van der Waals surface area contributed by atoms with Gasteiger partial charge in [0.2, 0.25) is 5.91 Å². The van der Waals surface area contributed by atoms with Crippen LogP contribution in [0.2, 0.25) is 0 Å². The van der Waals surface area contributed by atoms with Crippen LogP contribution in [0.3, 0.4) is 0 Å². The highest BCUT2D eigenvalue weighted by Crippen LogP contribution is 2.30. The van der Waals surface area contributed by atoms with E-state index in [1.165, 1.54) is 12.1 Å². The number of carbonyl (C=O) groups excluding carboxylic acids is 1. The molecule has 1 heterocycles. The second-order valence-electron chi connectivity index (χ2n) is 5.15. The number of aliphatic hydroxyl groups excluding tert-OH is 1. The molecule has 1 aliphatic rings. The Morgan fingerprint density at radius 2 is 2.11 bits per heavy atom. The maximum atomic E-state index is 12.8. The fraction of sp³-hybridized carbons (Fsp3) is 0.533. The van der Waals surface area contributed by atoms with Crippen molar-refractivity contribution in [3.63, 3.8) is 0 Å². The van der Waals surface area contributed by atoms with E-state index in [9.17, 15) is 14.3 Å². The first kappa shape index (κ1) is 14.0. The SMILES string of the molecule is CCCCN1CC(C(O)c2ccc(F)cc2)CC1=O. The molecular formula is C15H20FNO2. The number of rotatable bonds is 5. The number of likely N-dealkylation sites (tertiary alicyclic amines) is 1. The van der Waals surface area contributed by atoms with Gasteiger partial charge >= 0.3 is 0 Å². The maximum Gasteiger partial charge on any atom is 0.223 e. The van der Waals surface area contributed by atoms with Gasteiger partial charge in [-0.3, -0.25) is 4.79 Å². The lowest BCUT2D eigenvalue weighted by Gasteiger charge is -2.19. The number of carbonyl (C=O) groups is 1. The Balaban J connectivity index is 1.99. The molecule has 3 nitrogen and oxygen atoms in total. The van der Waals surface area contributed by atoms with Gasteiger partial charge in [0.1, 0.15) is 5.82 Å². The molecule has 1 saturated heterocycles. The second-order valence-corrected chi connectivity index (χ2v) is 5.15. The summed E-state index contributed by atoms with van der Waals surface area (Å²) in [4.78, 5) is 13.7. The van der Waals surface area contributed by atoms with Crippen LogP contribution in [0.1, 0.15) is 37.9 Å². The van der Waals surface area contributed by atoms with Crippen LogP contribution in [0, 0.1) is 11.7 Å². The molecule has 19 heavy (non-hydrogen) atoms. The Labute approximate surface area is 113 Å². The zero-order valence-corrected chi connectivity index (χ0v) is 11.2. The summed E-state index contributed by atoms with van der Waals surface area (Å²) in [5.41, 5.74) is 0.677. The Kier molecular flexibility index (Phi) is 4.53. The van der Waals surface area contributed by atoms with E-state index < -0.39 is 6.10 Å². The molecule has 1 aromatic rings. The molecule has 2 atom stereocenters. The molecule has 4 heteroatoms. The fourth-order valence-corrected chi connectivity index (χ4v) is 2.51. The maximum absolute atomic E-state index is 12.8. The van der Waals surface area contributed by atoms with Crippen LogP contribution in [-0.2, 0) is 4.79 Å². The first-order chi connectivity index (χ1) is 9.11. The smallest absolute Gasteiger partial charge is 0.223 e. The number of nitrogens with zero attached hydrogens (tertiary/aromatic N) is 1. The third-order valence-electron chi connectivity index (χ3n) is 3.68. The minimum absolute atomic E-state index is 0.0881. The van der Waals surface area contributed by atoms with E-state index >= 15 is 0 Å². The first-order valence-electron chi connectivity index (χ1n) is 6.83. The van der Waals surface area contributed by atoms with E-state index in [4.69, 9.17) is 0 Å². The molecule has 0 saturated carbocycles. The molecule has 2 rings (SSSR count). The molecule has 0 radical (unpaired) electrons. The predicted octanol–water partition coefficient (Wildman–Crippen LogP) is 2.51. The summed E-state index contributed by atoms with van der Waals surface area (Å²) < 4.78 is 12.8. The molecule has 2 unspecified atom stereocenters. The summed E-state index contributed by atoms with van der Waals surface area (Å²) in [5, 5.41) is 10.3. The summed E-state index contributed by atoms with van der Waals surface area (Å²) in [5.74, 6) is -0.294. The summed E-state index contributed by atoms with van der Waals surface area (Å²) in [6.45, 7) is 3.45. The van der Waals surface area contributed by atoms with Crippen molar-refractivity contribution in [2.45, 2.75) is 32.3 Å². The van der Waals surface area contributed by atoms with Gasteiger partial charge in [-0.2, -0.15) is 0 Å². The molecule has 0 aliphatic carbocycles. The van der Waals surface area contributed by atoms with Crippen molar-refractivity contribution in [1.29, 1.82) is 0 Å². The van der Waals surface area contributed by atoms with Gasteiger partial charge < -0.3 is 10.0 Å². The topological polar surface area (TPSA) is 40.5 Å².